The molecule has 0 radical (unpaired) electrons. The standard InChI is InChI=1S/C32H47NO9Si/c1-6-28(43(40-7-2,41-8-3)42-9-4)33-32(36)39-24-16-11-10-15-23-38-31-27(25-17-13-12-14-18-25)21-19-26(30(31)37-5)20-22-29(34)35/h12-14,17-22,28H,6-11,15-16,23-24H2,1-5H3,(H,33,36)(H,34,35)/b22-20+. The van der Waals surface area contributed by atoms with Crippen LogP contribution >= 0.6 is 0 Å². The summed E-state index contributed by atoms with van der Waals surface area (Å²) in [5, 5.41) is 12.0. The van der Waals surface area contributed by atoms with Gasteiger partial charge in [-0.05, 0) is 70.6 Å². The van der Waals surface area contributed by atoms with Gasteiger partial charge in [0.1, 0.15) is 5.67 Å². The molecule has 2 N–H and O–H groups in total. The topological polar surface area (TPSA) is 122 Å². The van der Waals surface area contributed by atoms with Crippen LogP contribution in [-0.4, -0.2) is 71.8 Å². The van der Waals surface area contributed by atoms with Crippen molar-refractivity contribution in [3.8, 4) is 22.6 Å². The van der Waals surface area contributed by atoms with Gasteiger partial charge in [0.2, 0.25) is 0 Å². The fraction of sp³-hybridized carbons (Fsp3) is 0.500. The number of unbranched alkanes of at least 4 members (excludes halogenated alkanes) is 3. The van der Waals surface area contributed by atoms with Gasteiger partial charge < -0.3 is 37.9 Å². The predicted octanol–water partition coefficient (Wildman–Crippen LogP) is 6.49. The maximum Gasteiger partial charge on any atom is 0.524 e. The lowest BCUT2D eigenvalue weighted by Gasteiger charge is -2.34. The number of hydrogen-bond donors (Lipinski definition) is 2. The molecule has 0 aromatic heterocycles. The van der Waals surface area contributed by atoms with Crippen molar-refractivity contribution < 1.29 is 42.2 Å². The van der Waals surface area contributed by atoms with E-state index in [1.165, 1.54) is 6.08 Å². The number of carbonyl (C=O) groups excluding carboxylic acids is 1. The summed E-state index contributed by atoms with van der Waals surface area (Å²) in [4.78, 5) is 23.6. The number of rotatable bonds is 21. The molecule has 238 valence electrons. The Balaban J connectivity index is 1.89. The van der Waals surface area contributed by atoms with Crippen LogP contribution in [0.2, 0.25) is 0 Å². The number of hydrogen-bond acceptors (Lipinski definition) is 8. The maximum absolute atomic E-state index is 12.5. The van der Waals surface area contributed by atoms with Gasteiger partial charge >= 0.3 is 20.9 Å². The molecule has 1 atom stereocenters. The third-order valence-corrected chi connectivity index (χ3v) is 10.00. The molecule has 0 aliphatic rings. The summed E-state index contributed by atoms with van der Waals surface area (Å²) < 4.78 is 35.1. The molecule has 2 aromatic carbocycles. The highest BCUT2D eigenvalue weighted by molar-refractivity contribution is 6.62. The average Bonchev–Trinajstić information content (AvgIpc) is 3.00. The van der Waals surface area contributed by atoms with Crippen LogP contribution in [0.25, 0.3) is 17.2 Å². The quantitative estimate of drug-likeness (QED) is 0.0919. The molecule has 0 heterocycles. The van der Waals surface area contributed by atoms with Crippen molar-refractivity contribution in [2.24, 2.45) is 0 Å². The second-order valence-electron chi connectivity index (χ2n) is 9.51. The molecule has 0 saturated carbocycles. The predicted molar refractivity (Wildman–Crippen MR) is 168 cm³/mol. The molecule has 10 nitrogen and oxygen atoms in total. The monoisotopic (exact) mass is 617 g/mol. The van der Waals surface area contributed by atoms with Crippen LogP contribution in [0.3, 0.4) is 0 Å². The van der Waals surface area contributed by atoms with Gasteiger partial charge in [0.05, 0.1) is 20.3 Å². The van der Waals surface area contributed by atoms with Crippen LogP contribution in [0.1, 0.15) is 65.4 Å². The molecule has 11 heteroatoms. The number of carboxylic acid groups (broad SMARTS) is 1. The highest BCUT2D eigenvalue weighted by Crippen LogP contribution is 2.41. The molecule has 43 heavy (non-hydrogen) atoms. The number of methoxy groups -OCH3 is 1. The first-order chi connectivity index (χ1) is 20.8. The number of aliphatic carboxylic acids is 1. The van der Waals surface area contributed by atoms with Crippen molar-refractivity contribution >= 4 is 26.9 Å². The normalized spacial score (nSPS) is 12.2. The summed E-state index contributed by atoms with van der Waals surface area (Å²) >= 11 is 0. The van der Waals surface area contributed by atoms with E-state index in [9.17, 15) is 9.59 Å². The zero-order chi connectivity index (χ0) is 31.5. The van der Waals surface area contributed by atoms with Gasteiger partial charge in [-0.1, -0.05) is 43.3 Å². The SMILES string of the molecule is CCO[Si](OCC)(OCC)C(CC)NC(=O)OCCCCCCOc1c(-c2ccccc2)ccc(/C=C/C(=O)O)c1OC. The summed E-state index contributed by atoms with van der Waals surface area (Å²) in [6.45, 7) is 9.61. The lowest BCUT2D eigenvalue weighted by atomic mass is 10.0. The number of nitrogens with one attached hydrogen (secondary N) is 1. The zero-order valence-electron chi connectivity index (χ0n) is 26.1. The molecule has 2 aromatic rings. The Kier molecular flexibility index (Phi) is 16.4. The summed E-state index contributed by atoms with van der Waals surface area (Å²) in [7, 11) is -1.55. The summed E-state index contributed by atoms with van der Waals surface area (Å²) in [5.74, 6) is 0.00559. The minimum Gasteiger partial charge on any atom is -0.492 e. The Bertz CT molecular complexity index is 1130. The largest absolute Gasteiger partial charge is 0.524 e. The van der Waals surface area contributed by atoms with E-state index >= 15 is 0 Å². The first-order valence-corrected chi connectivity index (χ1v) is 16.8. The number of benzene rings is 2. The van der Waals surface area contributed by atoms with E-state index in [4.69, 9.17) is 32.6 Å². The van der Waals surface area contributed by atoms with Gasteiger partial charge in [-0.15, -0.1) is 0 Å². The summed E-state index contributed by atoms with van der Waals surface area (Å²) in [5.41, 5.74) is 2.05. The van der Waals surface area contributed by atoms with Gasteiger partial charge in [0.25, 0.3) is 0 Å². The molecule has 1 unspecified atom stereocenters. The first-order valence-electron chi connectivity index (χ1n) is 15.0. The van der Waals surface area contributed by atoms with Crippen LogP contribution in [-0.2, 0) is 22.8 Å². The minimum atomic E-state index is -3.10. The Hall–Kier alpha value is -3.38. The minimum absolute atomic E-state index is 0.291. The van der Waals surface area contributed by atoms with Crippen LogP contribution < -0.4 is 14.8 Å². The zero-order valence-corrected chi connectivity index (χ0v) is 27.1. The third kappa shape index (κ3) is 11.3. The summed E-state index contributed by atoms with van der Waals surface area (Å²) in [6, 6.07) is 13.5. The number of ether oxygens (including phenoxy) is 3. The van der Waals surface area contributed by atoms with Crippen molar-refractivity contribution in [1.29, 1.82) is 0 Å². The molecule has 0 bridgehead atoms. The lowest BCUT2D eigenvalue weighted by Crippen LogP contribution is -2.62. The molecule has 0 aliphatic heterocycles. The van der Waals surface area contributed by atoms with E-state index in [0.717, 1.165) is 36.5 Å². The van der Waals surface area contributed by atoms with Crippen molar-refractivity contribution in [3.63, 3.8) is 0 Å². The number of alkyl carbamates (subject to hydrolysis) is 1. The first kappa shape index (κ1) is 35.8. The van der Waals surface area contributed by atoms with E-state index in [-0.39, 0.29) is 0 Å². The van der Waals surface area contributed by atoms with Crippen molar-refractivity contribution in [1.82, 2.24) is 5.32 Å². The Morgan fingerprint density at radius 2 is 1.49 bits per heavy atom. The summed E-state index contributed by atoms with van der Waals surface area (Å²) in [6.07, 6.45) is 5.87. The van der Waals surface area contributed by atoms with Crippen LogP contribution in [0.5, 0.6) is 11.5 Å². The number of amides is 1. The van der Waals surface area contributed by atoms with E-state index in [1.54, 1.807) is 7.11 Å². The molecular formula is C32H47NO9Si. The Labute approximate surface area is 256 Å². The molecule has 0 saturated heterocycles. The van der Waals surface area contributed by atoms with Gasteiger partial charge in [0, 0.05) is 37.0 Å². The molecule has 0 spiro atoms. The maximum atomic E-state index is 12.5. The fourth-order valence-electron chi connectivity index (χ4n) is 4.62. The van der Waals surface area contributed by atoms with Crippen molar-refractivity contribution in [2.45, 2.75) is 65.5 Å². The highest BCUT2D eigenvalue weighted by Gasteiger charge is 2.49. The Morgan fingerprint density at radius 1 is 0.860 bits per heavy atom. The molecule has 2 rings (SSSR count). The van der Waals surface area contributed by atoms with Crippen LogP contribution in [0.4, 0.5) is 4.79 Å². The average molecular weight is 618 g/mol. The van der Waals surface area contributed by atoms with Crippen molar-refractivity contribution in [2.75, 3.05) is 40.1 Å². The second kappa shape index (κ2) is 19.7. The van der Waals surface area contributed by atoms with Gasteiger partial charge in [-0.25, -0.2) is 9.59 Å². The van der Waals surface area contributed by atoms with E-state index in [2.05, 4.69) is 5.32 Å². The van der Waals surface area contributed by atoms with E-state index < -0.39 is 26.5 Å². The smallest absolute Gasteiger partial charge is 0.492 e. The number of carbonyl (C=O) groups is 2. The van der Waals surface area contributed by atoms with E-state index in [0.29, 0.717) is 62.9 Å². The van der Waals surface area contributed by atoms with Gasteiger partial charge in [-0.3, -0.25) is 0 Å². The van der Waals surface area contributed by atoms with Crippen LogP contribution in [0.15, 0.2) is 48.5 Å². The number of carboxylic acids is 1. The third-order valence-electron chi connectivity index (χ3n) is 6.52. The Morgan fingerprint density at radius 3 is 2.05 bits per heavy atom. The fourth-order valence-corrected chi connectivity index (χ4v) is 7.48. The van der Waals surface area contributed by atoms with Gasteiger partial charge in [-0.2, -0.15) is 0 Å². The second-order valence-corrected chi connectivity index (χ2v) is 12.3. The van der Waals surface area contributed by atoms with E-state index in [1.807, 2.05) is 70.2 Å². The lowest BCUT2D eigenvalue weighted by molar-refractivity contribution is -0.131. The van der Waals surface area contributed by atoms with Crippen molar-refractivity contribution in [3.05, 3.63) is 54.1 Å². The highest BCUT2D eigenvalue weighted by atomic mass is 28.4. The molecule has 0 fully saturated rings. The van der Waals surface area contributed by atoms with Crippen LogP contribution in [0, 0.1) is 0 Å². The molecule has 0 aliphatic carbocycles. The molecule has 1 amide bonds. The molecular weight excluding hydrogens is 570 g/mol. The van der Waals surface area contributed by atoms with Gasteiger partial charge in [0.15, 0.2) is 11.5 Å².